The summed E-state index contributed by atoms with van der Waals surface area (Å²) in [6.07, 6.45) is -5.41. The molecule has 1 aromatic heterocycles. The molecule has 0 amide bonds. The van der Waals surface area contributed by atoms with E-state index in [1.807, 2.05) is 6.92 Å². The molecule has 4 rings (SSSR count). The van der Waals surface area contributed by atoms with E-state index in [0.29, 0.717) is 22.2 Å². The molecule has 3 aromatic rings. The zero-order chi connectivity index (χ0) is 21.0. The summed E-state index contributed by atoms with van der Waals surface area (Å²) in [5.74, 6) is -0.728. The quantitative estimate of drug-likeness (QED) is 0.551. The standard InChI is InChI=1S/C22H21F3N2O2/c1-12-11-21(29,22(23,24)25)20(15-5-3-8-18(28)19(12)15)27-17-7-4-6-16-14(17)10-9-13(2)26-16/h3-10,12,20,27-29H,11H2,1-2H3/t12-,20?,21-/m1/s1. The first-order valence-electron chi connectivity index (χ1n) is 9.35. The van der Waals surface area contributed by atoms with Gasteiger partial charge in [-0.05, 0) is 55.2 Å². The Morgan fingerprint density at radius 1 is 1.10 bits per heavy atom. The summed E-state index contributed by atoms with van der Waals surface area (Å²) in [7, 11) is 0. The van der Waals surface area contributed by atoms with Gasteiger partial charge in [0.05, 0.1) is 11.6 Å². The number of halogens is 3. The lowest BCUT2D eigenvalue weighted by Crippen LogP contribution is -2.55. The van der Waals surface area contributed by atoms with Crippen molar-refractivity contribution >= 4 is 16.6 Å². The number of pyridine rings is 1. The molecular weight excluding hydrogens is 381 g/mol. The molecule has 2 aromatic carbocycles. The number of aryl methyl sites for hydroxylation is 1. The highest BCUT2D eigenvalue weighted by Gasteiger charge is 2.62. The number of rotatable bonds is 2. The van der Waals surface area contributed by atoms with E-state index >= 15 is 0 Å². The highest BCUT2D eigenvalue weighted by atomic mass is 19.4. The van der Waals surface area contributed by atoms with E-state index in [0.717, 1.165) is 5.69 Å². The summed E-state index contributed by atoms with van der Waals surface area (Å²) in [6.45, 7) is 3.42. The summed E-state index contributed by atoms with van der Waals surface area (Å²) in [4.78, 5) is 4.42. The Labute approximate surface area is 166 Å². The summed E-state index contributed by atoms with van der Waals surface area (Å²) >= 11 is 0. The Kier molecular flexibility index (Phi) is 4.46. The van der Waals surface area contributed by atoms with Crippen LogP contribution in [0.4, 0.5) is 18.9 Å². The van der Waals surface area contributed by atoms with E-state index in [2.05, 4.69) is 10.3 Å². The predicted molar refractivity (Wildman–Crippen MR) is 105 cm³/mol. The van der Waals surface area contributed by atoms with E-state index in [-0.39, 0.29) is 11.3 Å². The van der Waals surface area contributed by atoms with E-state index < -0.39 is 30.2 Å². The third kappa shape index (κ3) is 3.09. The molecule has 0 bridgehead atoms. The number of alkyl halides is 3. The fraction of sp³-hybridized carbons (Fsp3) is 0.318. The predicted octanol–water partition coefficient (Wildman–Crippen LogP) is 5.20. The van der Waals surface area contributed by atoms with Gasteiger partial charge in [0.2, 0.25) is 0 Å². The third-order valence-corrected chi connectivity index (χ3v) is 5.68. The van der Waals surface area contributed by atoms with Gasteiger partial charge in [0.1, 0.15) is 5.75 Å². The van der Waals surface area contributed by atoms with Crippen molar-refractivity contribution in [2.45, 2.75) is 44.0 Å². The molecule has 29 heavy (non-hydrogen) atoms. The number of fused-ring (bicyclic) bond motifs is 2. The van der Waals surface area contributed by atoms with Crippen LogP contribution in [-0.4, -0.2) is 27.0 Å². The lowest BCUT2D eigenvalue weighted by molar-refractivity contribution is -0.272. The summed E-state index contributed by atoms with van der Waals surface area (Å²) < 4.78 is 42.1. The lowest BCUT2D eigenvalue weighted by atomic mass is 9.70. The molecule has 4 nitrogen and oxygen atoms in total. The van der Waals surface area contributed by atoms with Crippen LogP contribution in [0, 0.1) is 6.92 Å². The normalized spacial score (nSPS) is 24.3. The highest BCUT2D eigenvalue weighted by molar-refractivity contribution is 5.91. The van der Waals surface area contributed by atoms with Gasteiger partial charge >= 0.3 is 6.18 Å². The molecule has 3 atom stereocenters. The van der Waals surface area contributed by atoms with Gasteiger partial charge in [0, 0.05) is 22.3 Å². The lowest BCUT2D eigenvalue weighted by Gasteiger charge is -2.45. The van der Waals surface area contributed by atoms with E-state index in [4.69, 9.17) is 0 Å². The van der Waals surface area contributed by atoms with Crippen molar-refractivity contribution in [1.82, 2.24) is 4.98 Å². The molecule has 0 aliphatic heterocycles. The van der Waals surface area contributed by atoms with Gasteiger partial charge < -0.3 is 15.5 Å². The number of aliphatic hydroxyl groups is 1. The number of phenolic OH excluding ortho intramolecular Hbond substituents is 1. The zero-order valence-electron chi connectivity index (χ0n) is 16.0. The second-order valence-corrected chi connectivity index (χ2v) is 7.71. The maximum atomic E-state index is 14.0. The second kappa shape index (κ2) is 6.62. The van der Waals surface area contributed by atoms with Gasteiger partial charge in [0.15, 0.2) is 5.60 Å². The molecule has 152 valence electrons. The maximum absolute atomic E-state index is 14.0. The minimum Gasteiger partial charge on any atom is -0.508 e. The fourth-order valence-corrected chi connectivity index (χ4v) is 4.32. The van der Waals surface area contributed by atoms with E-state index in [1.165, 1.54) is 18.2 Å². The van der Waals surface area contributed by atoms with Gasteiger partial charge in [-0.25, -0.2) is 0 Å². The third-order valence-electron chi connectivity index (χ3n) is 5.68. The number of hydrogen-bond acceptors (Lipinski definition) is 4. The van der Waals surface area contributed by atoms with Crippen molar-refractivity contribution in [3.8, 4) is 5.75 Å². The summed E-state index contributed by atoms with van der Waals surface area (Å²) in [5, 5.41) is 24.7. The molecule has 0 fully saturated rings. The first-order chi connectivity index (χ1) is 13.6. The van der Waals surface area contributed by atoms with Crippen LogP contribution in [0.1, 0.15) is 42.1 Å². The zero-order valence-corrected chi connectivity index (χ0v) is 16.0. The number of nitrogens with zero attached hydrogens (tertiary/aromatic N) is 1. The molecular formula is C22H21F3N2O2. The number of aromatic nitrogens is 1. The van der Waals surface area contributed by atoms with Crippen LogP contribution in [0.2, 0.25) is 0 Å². The molecule has 0 saturated heterocycles. The number of nitrogens with one attached hydrogen (secondary N) is 1. The van der Waals surface area contributed by atoms with Crippen molar-refractivity contribution in [3.05, 3.63) is 65.4 Å². The SMILES string of the molecule is Cc1ccc2c(NC3c4cccc(O)c4[C@H](C)C[C@]3(O)C(F)(F)F)cccc2n1. The topological polar surface area (TPSA) is 65.4 Å². The van der Waals surface area contributed by atoms with Gasteiger partial charge in [-0.15, -0.1) is 0 Å². The molecule has 1 aliphatic carbocycles. The largest absolute Gasteiger partial charge is 0.508 e. The van der Waals surface area contributed by atoms with Gasteiger partial charge in [-0.2, -0.15) is 13.2 Å². The summed E-state index contributed by atoms with van der Waals surface area (Å²) in [6, 6.07) is 11.7. The van der Waals surface area contributed by atoms with Crippen molar-refractivity contribution < 1.29 is 23.4 Å². The Morgan fingerprint density at radius 2 is 1.83 bits per heavy atom. The highest BCUT2D eigenvalue weighted by Crippen LogP contribution is 2.54. The van der Waals surface area contributed by atoms with Crippen LogP contribution >= 0.6 is 0 Å². The number of anilines is 1. The van der Waals surface area contributed by atoms with E-state index in [1.54, 1.807) is 37.3 Å². The van der Waals surface area contributed by atoms with Crippen LogP contribution in [0.15, 0.2) is 48.5 Å². The average molecular weight is 402 g/mol. The minimum absolute atomic E-state index is 0.0683. The number of hydrogen-bond donors (Lipinski definition) is 3. The Bertz CT molecular complexity index is 1080. The number of aromatic hydroxyl groups is 1. The molecule has 0 saturated carbocycles. The van der Waals surface area contributed by atoms with Gasteiger partial charge in [-0.3, -0.25) is 4.98 Å². The van der Waals surface area contributed by atoms with Crippen LogP contribution in [-0.2, 0) is 0 Å². The monoisotopic (exact) mass is 402 g/mol. The molecule has 3 N–H and O–H groups in total. The van der Waals surface area contributed by atoms with Gasteiger partial charge in [0.25, 0.3) is 0 Å². The molecule has 1 unspecified atom stereocenters. The Balaban J connectivity index is 1.90. The first kappa shape index (κ1) is 19.5. The fourth-order valence-electron chi connectivity index (χ4n) is 4.32. The van der Waals surface area contributed by atoms with E-state index in [9.17, 15) is 23.4 Å². The number of phenols is 1. The molecule has 1 aliphatic rings. The smallest absolute Gasteiger partial charge is 0.419 e. The molecule has 0 radical (unpaired) electrons. The second-order valence-electron chi connectivity index (χ2n) is 7.71. The average Bonchev–Trinajstić information content (AvgIpc) is 2.63. The van der Waals surface area contributed by atoms with Crippen molar-refractivity contribution in [2.24, 2.45) is 0 Å². The maximum Gasteiger partial charge on any atom is 0.419 e. The minimum atomic E-state index is -4.86. The first-order valence-corrected chi connectivity index (χ1v) is 9.35. The van der Waals surface area contributed by atoms with Crippen LogP contribution in [0.5, 0.6) is 5.75 Å². The van der Waals surface area contributed by atoms with Gasteiger partial charge in [-0.1, -0.05) is 25.1 Å². The Morgan fingerprint density at radius 3 is 2.55 bits per heavy atom. The number of benzene rings is 2. The molecule has 1 heterocycles. The molecule has 7 heteroatoms. The van der Waals surface area contributed by atoms with Crippen LogP contribution < -0.4 is 5.32 Å². The van der Waals surface area contributed by atoms with Crippen LogP contribution in [0.25, 0.3) is 10.9 Å². The summed E-state index contributed by atoms with van der Waals surface area (Å²) in [5.41, 5.74) is -0.456. The van der Waals surface area contributed by atoms with Crippen LogP contribution in [0.3, 0.4) is 0 Å². The van der Waals surface area contributed by atoms with Crippen molar-refractivity contribution in [2.75, 3.05) is 5.32 Å². The van der Waals surface area contributed by atoms with Crippen molar-refractivity contribution in [1.29, 1.82) is 0 Å². The van der Waals surface area contributed by atoms with Crippen molar-refractivity contribution in [3.63, 3.8) is 0 Å². The molecule has 0 spiro atoms. The Hall–Kier alpha value is -2.80.